The van der Waals surface area contributed by atoms with Crippen LogP contribution in [0.3, 0.4) is 0 Å². The third kappa shape index (κ3) is 2.52. The van der Waals surface area contributed by atoms with Crippen LogP contribution >= 0.6 is 11.3 Å². The van der Waals surface area contributed by atoms with Crippen LogP contribution in [-0.2, 0) is 0 Å². The molecule has 6 aromatic rings. The van der Waals surface area contributed by atoms with E-state index in [1.807, 2.05) is 35.6 Å². The molecule has 0 N–H and O–H groups in total. The van der Waals surface area contributed by atoms with Crippen molar-refractivity contribution in [3.05, 3.63) is 103 Å². The highest BCUT2D eigenvalue weighted by Gasteiger charge is 2.39. The minimum atomic E-state index is 0.0907. The summed E-state index contributed by atoms with van der Waals surface area (Å²) in [6.45, 7) is 0.0907. The van der Waals surface area contributed by atoms with Gasteiger partial charge < -0.3 is 9.47 Å². The fourth-order valence-corrected chi connectivity index (χ4v) is 6.61. The highest BCUT2D eigenvalue weighted by molar-refractivity contribution is 7.25. The van der Waals surface area contributed by atoms with Gasteiger partial charge >= 0.3 is 0 Å². The molecular formula is C30H17BO2S. The number of thiophene rings is 1. The predicted octanol–water partition coefficient (Wildman–Crippen LogP) is 6.45. The van der Waals surface area contributed by atoms with Crippen molar-refractivity contribution in [1.82, 2.24) is 0 Å². The molecule has 2 aliphatic rings. The number of para-hydroxylation sites is 1. The van der Waals surface area contributed by atoms with E-state index in [2.05, 4.69) is 78.9 Å². The molecule has 0 fully saturated rings. The quantitative estimate of drug-likeness (QED) is 0.267. The molecule has 4 heteroatoms. The topological polar surface area (TPSA) is 18.5 Å². The fourth-order valence-electron chi connectivity index (χ4n) is 5.47. The molecule has 2 aliphatic heterocycles. The van der Waals surface area contributed by atoms with Crippen LogP contribution < -0.4 is 25.9 Å². The zero-order valence-electron chi connectivity index (χ0n) is 18.1. The lowest BCUT2D eigenvalue weighted by atomic mass is 9.35. The summed E-state index contributed by atoms with van der Waals surface area (Å²) in [4.78, 5) is 0. The molecule has 3 heterocycles. The number of hydrogen-bond acceptors (Lipinski definition) is 3. The molecule has 0 amide bonds. The first-order chi connectivity index (χ1) is 16.8. The fraction of sp³-hybridized carbons (Fsp3) is 0. The molecule has 0 spiro atoms. The molecule has 0 atom stereocenters. The molecule has 34 heavy (non-hydrogen) atoms. The van der Waals surface area contributed by atoms with E-state index in [0.717, 1.165) is 28.5 Å². The van der Waals surface area contributed by atoms with Gasteiger partial charge in [0.2, 0.25) is 0 Å². The van der Waals surface area contributed by atoms with Crippen LogP contribution in [0.5, 0.6) is 23.0 Å². The van der Waals surface area contributed by atoms with E-state index in [4.69, 9.17) is 9.47 Å². The number of ether oxygens (including phenoxy) is 2. The van der Waals surface area contributed by atoms with E-state index in [-0.39, 0.29) is 6.71 Å². The van der Waals surface area contributed by atoms with Crippen molar-refractivity contribution in [1.29, 1.82) is 0 Å². The first-order valence-corrected chi connectivity index (χ1v) is 12.3. The molecule has 0 saturated heterocycles. The minimum absolute atomic E-state index is 0.0907. The van der Waals surface area contributed by atoms with Crippen LogP contribution in [0, 0.1) is 0 Å². The van der Waals surface area contributed by atoms with Crippen molar-refractivity contribution < 1.29 is 9.47 Å². The third-order valence-electron chi connectivity index (χ3n) is 7.02. The summed E-state index contributed by atoms with van der Waals surface area (Å²) in [6.07, 6.45) is 0. The monoisotopic (exact) mass is 452 g/mol. The zero-order chi connectivity index (χ0) is 22.2. The van der Waals surface area contributed by atoms with Gasteiger partial charge in [-0.2, -0.15) is 0 Å². The lowest BCUT2D eigenvalue weighted by Crippen LogP contribution is -2.57. The molecule has 8 rings (SSSR count). The van der Waals surface area contributed by atoms with Crippen LogP contribution in [0.1, 0.15) is 0 Å². The van der Waals surface area contributed by atoms with Crippen LogP contribution in [0.25, 0.3) is 31.3 Å². The van der Waals surface area contributed by atoms with E-state index in [9.17, 15) is 0 Å². The number of hydrogen-bond donors (Lipinski definition) is 0. The summed E-state index contributed by atoms with van der Waals surface area (Å²) >= 11 is 1.86. The Balaban J connectivity index is 1.32. The van der Waals surface area contributed by atoms with Gasteiger partial charge in [-0.05, 0) is 58.5 Å². The number of fused-ring (bicyclic) bond motifs is 7. The Bertz CT molecular complexity index is 1770. The Morgan fingerprint density at radius 2 is 1.18 bits per heavy atom. The highest BCUT2D eigenvalue weighted by atomic mass is 32.1. The number of rotatable bonds is 1. The van der Waals surface area contributed by atoms with Crippen molar-refractivity contribution in [2.24, 2.45) is 0 Å². The van der Waals surface area contributed by atoms with Crippen molar-refractivity contribution >= 4 is 54.6 Å². The van der Waals surface area contributed by atoms with Crippen LogP contribution in [-0.4, -0.2) is 6.71 Å². The SMILES string of the molecule is c1ccc2c(c1)Oc1cccc3c1B2c1cc(-c2ccc4c(c2)sc2ccccc24)ccc1O3. The van der Waals surface area contributed by atoms with Crippen molar-refractivity contribution in [2.75, 3.05) is 0 Å². The maximum atomic E-state index is 6.36. The molecule has 0 aliphatic carbocycles. The molecule has 0 bridgehead atoms. The van der Waals surface area contributed by atoms with Gasteiger partial charge in [0.05, 0.1) is 0 Å². The van der Waals surface area contributed by atoms with E-state index >= 15 is 0 Å². The lowest BCUT2D eigenvalue weighted by Gasteiger charge is -2.33. The van der Waals surface area contributed by atoms with Crippen LogP contribution in [0.15, 0.2) is 103 Å². The zero-order valence-corrected chi connectivity index (χ0v) is 18.9. The molecule has 5 aromatic carbocycles. The maximum absolute atomic E-state index is 6.36. The first-order valence-electron chi connectivity index (χ1n) is 11.5. The number of benzene rings is 5. The molecular weight excluding hydrogens is 435 g/mol. The first kappa shape index (κ1) is 18.4. The largest absolute Gasteiger partial charge is 0.458 e. The van der Waals surface area contributed by atoms with Gasteiger partial charge in [-0.1, -0.05) is 66.7 Å². The predicted molar refractivity (Wildman–Crippen MR) is 142 cm³/mol. The van der Waals surface area contributed by atoms with Crippen molar-refractivity contribution in [2.45, 2.75) is 0 Å². The Labute approximate surface area is 201 Å². The second-order valence-electron chi connectivity index (χ2n) is 8.90. The van der Waals surface area contributed by atoms with Crippen LogP contribution in [0.4, 0.5) is 0 Å². The molecule has 2 nitrogen and oxygen atoms in total. The highest BCUT2D eigenvalue weighted by Crippen LogP contribution is 2.38. The Morgan fingerprint density at radius 1 is 0.500 bits per heavy atom. The van der Waals surface area contributed by atoms with E-state index in [1.54, 1.807) is 0 Å². The van der Waals surface area contributed by atoms with Gasteiger partial charge in [-0.15, -0.1) is 11.3 Å². The van der Waals surface area contributed by atoms with Gasteiger partial charge in [0.1, 0.15) is 23.0 Å². The van der Waals surface area contributed by atoms with Gasteiger partial charge in [-0.25, -0.2) is 0 Å². The Kier molecular flexibility index (Phi) is 3.66. The standard InChI is InChI=1S/C30H17BO2S/c1-4-11-28-20(6-1)21-14-12-19(17-29(21)34-28)18-13-15-25-23(16-18)31-22-7-2-3-8-24(22)32-26-9-5-10-27(33-25)30(26)31/h1-17H. The van der Waals surface area contributed by atoms with E-state index in [1.165, 1.54) is 42.2 Å². The normalized spacial score (nSPS) is 13.1. The smallest absolute Gasteiger partial charge is 0.260 e. The average Bonchev–Trinajstić information content (AvgIpc) is 3.26. The van der Waals surface area contributed by atoms with E-state index in [0.29, 0.717) is 0 Å². The molecule has 0 saturated carbocycles. The van der Waals surface area contributed by atoms with Crippen molar-refractivity contribution in [3.63, 3.8) is 0 Å². The minimum Gasteiger partial charge on any atom is -0.458 e. The molecule has 0 unspecified atom stereocenters. The second kappa shape index (κ2) is 6.75. The second-order valence-corrected chi connectivity index (χ2v) is 9.99. The molecule has 1 aromatic heterocycles. The van der Waals surface area contributed by atoms with Gasteiger partial charge in [-0.3, -0.25) is 0 Å². The van der Waals surface area contributed by atoms with Crippen molar-refractivity contribution in [3.8, 4) is 34.1 Å². The van der Waals surface area contributed by atoms with Gasteiger partial charge in [0.15, 0.2) is 0 Å². The maximum Gasteiger partial charge on any atom is 0.260 e. The summed E-state index contributed by atoms with van der Waals surface area (Å²) in [5.74, 6) is 3.59. The third-order valence-corrected chi connectivity index (χ3v) is 8.15. The van der Waals surface area contributed by atoms with E-state index < -0.39 is 0 Å². The molecule has 0 radical (unpaired) electrons. The molecule has 158 valence electrons. The summed E-state index contributed by atoms with van der Waals surface area (Å²) in [7, 11) is 0. The average molecular weight is 452 g/mol. The Morgan fingerprint density at radius 3 is 2.09 bits per heavy atom. The Hall–Kier alpha value is -4.02. The lowest BCUT2D eigenvalue weighted by molar-refractivity contribution is 0.464. The van der Waals surface area contributed by atoms with Crippen LogP contribution in [0.2, 0.25) is 0 Å². The summed E-state index contributed by atoms with van der Waals surface area (Å²) < 4.78 is 15.3. The van der Waals surface area contributed by atoms with Gasteiger partial charge in [0, 0.05) is 25.6 Å². The summed E-state index contributed by atoms with van der Waals surface area (Å²) in [5.41, 5.74) is 5.91. The summed E-state index contributed by atoms with van der Waals surface area (Å²) in [5, 5.41) is 2.65. The summed E-state index contributed by atoms with van der Waals surface area (Å²) in [6, 6.07) is 36.5. The van der Waals surface area contributed by atoms with Gasteiger partial charge in [0.25, 0.3) is 6.71 Å².